The zero-order valence-electron chi connectivity index (χ0n) is 16.3. The Bertz CT molecular complexity index is 1210. The van der Waals surface area contributed by atoms with Gasteiger partial charge in [-0.05, 0) is 42.5 Å². The SMILES string of the molecule is COc1ccc(-c2cc(C(=O)NNC(=O)c3cn[nH]c3-c3ccc(Cl)cc3)[nH]n2)cc1. The van der Waals surface area contributed by atoms with Gasteiger partial charge in [0.15, 0.2) is 0 Å². The van der Waals surface area contributed by atoms with Crippen molar-refractivity contribution in [2.75, 3.05) is 7.11 Å². The molecule has 0 saturated carbocycles. The van der Waals surface area contributed by atoms with Crippen molar-refractivity contribution in [1.29, 1.82) is 0 Å². The molecule has 10 heteroatoms. The van der Waals surface area contributed by atoms with Gasteiger partial charge >= 0.3 is 0 Å². The van der Waals surface area contributed by atoms with Crippen LogP contribution in [0.4, 0.5) is 0 Å². The van der Waals surface area contributed by atoms with Gasteiger partial charge in [0.25, 0.3) is 11.8 Å². The van der Waals surface area contributed by atoms with Gasteiger partial charge in [-0.25, -0.2) is 0 Å². The van der Waals surface area contributed by atoms with E-state index in [0.717, 1.165) is 16.9 Å². The van der Waals surface area contributed by atoms with E-state index in [0.29, 0.717) is 16.4 Å². The number of benzene rings is 2. The lowest BCUT2D eigenvalue weighted by Gasteiger charge is -2.07. The van der Waals surface area contributed by atoms with Gasteiger partial charge in [-0.15, -0.1) is 0 Å². The zero-order valence-corrected chi connectivity index (χ0v) is 17.0. The van der Waals surface area contributed by atoms with Crippen LogP contribution < -0.4 is 15.6 Å². The number of carbonyl (C=O) groups is 2. The summed E-state index contributed by atoms with van der Waals surface area (Å²) in [5.41, 5.74) is 7.84. The van der Waals surface area contributed by atoms with Crippen molar-refractivity contribution in [3.63, 3.8) is 0 Å². The fourth-order valence-corrected chi connectivity index (χ4v) is 3.02. The first-order valence-corrected chi connectivity index (χ1v) is 9.53. The third-order valence-corrected chi connectivity index (χ3v) is 4.77. The molecule has 0 saturated heterocycles. The Balaban J connectivity index is 1.41. The summed E-state index contributed by atoms with van der Waals surface area (Å²) in [5, 5.41) is 14.1. The van der Waals surface area contributed by atoms with Gasteiger partial charge < -0.3 is 4.74 Å². The molecule has 0 atom stereocenters. The third-order valence-electron chi connectivity index (χ3n) is 4.51. The predicted molar refractivity (Wildman–Crippen MR) is 115 cm³/mol. The van der Waals surface area contributed by atoms with Crippen molar-refractivity contribution in [3.8, 4) is 28.3 Å². The molecule has 31 heavy (non-hydrogen) atoms. The second-order valence-corrected chi connectivity index (χ2v) is 6.91. The van der Waals surface area contributed by atoms with Crippen LogP contribution >= 0.6 is 11.6 Å². The van der Waals surface area contributed by atoms with E-state index >= 15 is 0 Å². The van der Waals surface area contributed by atoms with Gasteiger partial charge in [-0.3, -0.25) is 30.6 Å². The van der Waals surface area contributed by atoms with E-state index in [-0.39, 0.29) is 11.3 Å². The predicted octanol–water partition coefficient (Wildman–Crippen LogP) is 3.20. The normalized spacial score (nSPS) is 10.5. The average Bonchev–Trinajstić information content (AvgIpc) is 3.48. The minimum absolute atomic E-state index is 0.191. The largest absolute Gasteiger partial charge is 0.497 e. The molecule has 0 bridgehead atoms. The summed E-state index contributed by atoms with van der Waals surface area (Å²) in [4.78, 5) is 24.9. The van der Waals surface area contributed by atoms with Crippen molar-refractivity contribution in [1.82, 2.24) is 31.2 Å². The van der Waals surface area contributed by atoms with Gasteiger partial charge in [0.2, 0.25) is 0 Å². The minimum Gasteiger partial charge on any atom is -0.497 e. The van der Waals surface area contributed by atoms with Crippen LogP contribution in [0.15, 0.2) is 60.8 Å². The number of methoxy groups -OCH3 is 1. The van der Waals surface area contributed by atoms with E-state index in [4.69, 9.17) is 16.3 Å². The highest BCUT2D eigenvalue weighted by Crippen LogP contribution is 2.23. The summed E-state index contributed by atoms with van der Waals surface area (Å²) in [6.45, 7) is 0. The molecule has 0 fully saturated rings. The maximum absolute atomic E-state index is 12.5. The summed E-state index contributed by atoms with van der Waals surface area (Å²) in [5.74, 6) is -0.351. The Kier molecular flexibility index (Phi) is 5.67. The molecule has 0 aliphatic heterocycles. The Morgan fingerprint density at radius 1 is 0.935 bits per heavy atom. The molecule has 4 N–H and O–H groups in total. The number of hydrogen-bond acceptors (Lipinski definition) is 5. The van der Waals surface area contributed by atoms with Crippen LogP contribution in [0.3, 0.4) is 0 Å². The van der Waals surface area contributed by atoms with Crippen LogP contribution in [-0.4, -0.2) is 39.3 Å². The molecule has 0 aliphatic rings. The summed E-state index contributed by atoms with van der Waals surface area (Å²) in [6.07, 6.45) is 1.38. The number of ether oxygens (including phenoxy) is 1. The quantitative estimate of drug-likeness (QED) is 0.357. The van der Waals surface area contributed by atoms with E-state index in [2.05, 4.69) is 31.2 Å². The van der Waals surface area contributed by atoms with E-state index in [1.54, 1.807) is 49.6 Å². The smallest absolute Gasteiger partial charge is 0.287 e. The lowest BCUT2D eigenvalue weighted by atomic mass is 10.1. The highest BCUT2D eigenvalue weighted by atomic mass is 35.5. The van der Waals surface area contributed by atoms with Crippen LogP contribution in [0.25, 0.3) is 22.5 Å². The van der Waals surface area contributed by atoms with Gasteiger partial charge in [-0.2, -0.15) is 10.2 Å². The first kappa shape index (κ1) is 20.2. The number of H-pyrrole nitrogens is 2. The van der Waals surface area contributed by atoms with E-state index in [9.17, 15) is 9.59 Å². The lowest BCUT2D eigenvalue weighted by Crippen LogP contribution is -2.41. The highest BCUT2D eigenvalue weighted by molar-refractivity contribution is 6.30. The maximum Gasteiger partial charge on any atom is 0.287 e. The monoisotopic (exact) mass is 436 g/mol. The Morgan fingerprint density at radius 3 is 2.32 bits per heavy atom. The van der Waals surface area contributed by atoms with Crippen molar-refractivity contribution in [2.45, 2.75) is 0 Å². The Morgan fingerprint density at radius 2 is 1.61 bits per heavy atom. The van der Waals surface area contributed by atoms with Crippen molar-refractivity contribution >= 4 is 23.4 Å². The average molecular weight is 437 g/mol. The zero-order chi connectivity index (χ0) is 21.8. The fourth-order valence-electron chi connectivity index (χ4n) is 2.89. The Hall–Kier alpha value is -4.11. The van der Waals surface area contributed by atoms with E-state index < -0.39 is 11.8 Å². The molecule has 0 radical (unpaired) electrons. The fraction of sp³-hybridized carbons (Fsp3) is 0.0476. The van der Waals surface area contributed by atoms with Gasteiger partial charge in [0, 0.05) is 16.1 Å². The topological polar surface area (TPSA) is 125 Å². The first-order valence-electron chi connectivity index (χ1n) is 9.15. The van der Waals surface area contributed by atoms with E-state index in [1.165, 1.54) is 6.20 Å². The molecule has 2 amide bonds. The summed E-state index contributed by atoms with van der Waals surface area (Å²) < 4.78 is 5.13. The van der Waals surface area contributed by atoms with Crippen LogP contribution in [-0.2, 0) is 0 Å². The lowest BCUT2D eigenvalue weighted by molar-refractivity contribution is 0.0844. The molecule has 9 nitrogen and oxygen atoms in total. The summed E-state index contributed by atoms with van der Waals surface area (Å²) in [6, 6.07) is 15.8. The molecule has 2 heterocycles. The number of halogens is 1. The number of hydrogen-bond donors (Lipinski definition) is 4. The molecule has 4 rings (SSSR count). The van der Waals surface area contributed by atoms with Crippen molar-refractivity contribution in [2.24, 2.45) is 0 Å². The number of hydrazine groups is 1. The van der Waals surface area contributed by atoms with Gasteiger partial charge in [0.05, 0.1) is 30.3 Å². The molecule has 0 aliphatic carbocycles. The molecular weight excluding hydrogens is 420 g/mol. The molecule has 0 spiro atoms. The standard InChI is InChI=1S/C21H17ClN6O3/c1-31-15-8-4-12(5-9-15)17-10-18(25-24-17)21(30)28-27-20(29)16-11-23-26-19(16)13-2-6-14(22)7-3-13/h2-11H,1H3,(H,23,26)(H,24,25)(H,27,29)(H,28,30). The Labute approximate surface area is 181 Å². The summed E-state index contributed by atoms with van der Waals surface area (Å²) in [7, 11) is 1.59. The van der Waals surface area contributed by atoms with E-state index in [1.807, 2.05) is 12.1 Å². The molecule has 4 aromatic rings. The van der Waals surface area contributed by atoms with Crippen LogP contribution in [0.1, 0.15) is 20.8 Å². The van der Waals surface area contributed by atoms with Crippen molar-refractivity contribution in [3.05, 3.63) is 77.1 Å². The number of aromatic amines is 2. The number of nitrogens with zero attached hydrogens (tertiary/aromatic N) is 2. The molecule has 156 valence electrons. The first-order chi connectivity index (χ1) is 15.0. The van der Waals surface area contributed by atoms with Crippen molar-refractivity contribution < 1.29 is 14.3 Å². The second-order valence-electron chi connectivity index (χ2n) is 6.47. The number of carbonyl (C=O) groups excluding carboxylic acids is 2. The molecule has 0 unspecified atom stereocenters. The van der Waals surface area contributed by atoms with Crippen LogP contribution in [0.2, 0.25) is 5.02 Å². The van der Waals surface area contributed by atoms with Gasteiger partial charge in [0.1, 0.15) is 11.4 Å². The molecule has 2 aromatic heterocycles. The third kappa shape index (κ3) is 4.41. The van der Waals surface area contributed by atoms with Crippen LogP contribution in [0, 0.1) is 0 Å². The number of aromatic nitrogens is 4. The minimum atomic E-state index is -0.544. The number of nitrogens with one attached hydrogen (secondary N) is 4. The second kappa shape index (κ2) is 8.72. The number of rotatable bonds is 5. The maximum atomic E-state index is 12.5. The highest BCUT2D eigenvalue weighted by Gasteiger charge is 2.17. The van der Waals surface area contributed by atoms with Crippen LogP contribution in [0.5, 0.6) is 5.75 Å². The number of amides is 2. The van der Waals surface area contributed by atoms with Gasteiger partial charge in [-0.1, -0.05) is 23.7 Å². The molecular formula is C21H17ClN6O3. The summed E-state index contributed by atoms with van der Waals surface area (Å²) >= 11 is 5.91. The molecule has 2 aromatic carbocycles.